The Bertz CT molecular complexity index is 340. The molecule has 1 rings (SSSR count). The van der Waals surface area contributed by atoms with Gasteiger partial charge in [0.1, 0.15) is 0 Å². The van der Waals surface area contributed by atoms with Crippen molar-refractivity contribution in [2.24, 2.45) is 5.73 Å². The molecule has 1 aromatic carbocycles. The standard InChI is InChI=1S/C9H8O2.C2H5NO/c10-9(11)7-6-8-4-2-1-3-5-8;1-2(3)4/h1-7H,(H,10,11);1H3,(H2,3,4). The summed E-state index contributed by atoms with van der Waals surface area (Å²) in [5, 5.41) is 8.29. The van der Waals surface area contributed by atoms with Gasteiger partial charge in [-0.25, -0.2) is 4.79 Å². The second-order valence-electron chi connectivity index (χ2n) is 2.69. The molecule has 0 heterocycles. The maximum absolute atomic E-state index is 10.1. The van der Waals surface area contributed by atoms with E-state index in [-0.39, 0.29) is 5.91 Å². The van der Waals surface area contributed by atoms with Gasteiger partial charge in [-0.3, -0.25) is 4.79 Å². The summed E-state index contributed by atoms with van der Waals surface area (Å²) in [5.41, 5.74) is 5.37. The summed E-state index contributed by atoms with van der Waals surface area (Å²) in [7, 11) is 0. The molecule has 0 spiro atoms. The van der Waals surface area contributed by atoms with Crippen LogP contribution in [-0.4, -0.2) is 17.0 Å². The van der Waals surface area contributed by atoms with Gasteiger partial charge in [0.15, 0.2) is 0 Å². The summed E-state index contributed by atoms with van der Waals surface area (Å²) < 4.78 is 0. The fraction of sp³-hybridized carbons (Fsp3) is 0.0909. The monoisotopic (exact) mass is 207 g/mol. The average molecular weight is 207 g/mol. The molecule has 4 heteroatoms. The van der Waals surface area contributed by atoms with Gasteiger partial charge < -0.3 is 10.8 Å². The van der Waals surface area contributed by atoms with Crippen LogP contribution in [-0.2, 0) is 9.59 Å². The van der Waals surface area contributed by atoms with Gasteiger partial charge in [-0.05, 0) is 11.6 Å². The highest BCUT2D eigenvalue weighted by Crippen LogP contribution is 1.99. The molecule has 0 atom stereocenters. The van der Waals surface area contributed by atoms with Crippen LogP contribution in [0, 0.1) is 0 Å². The SMILES string of the molecule is CC(N)=O.O=C(O)C=Cc1ccccc1. The number of nitrogens with two attached hydrogens (primary N) is 1. The molecule has 0 unspecified atom stereocenters. The van der Waals surface area contributed by atoms with Crippen LogP contribution in [0.1, 0.15) is 12.5 Å². The molecule has 0 fully saturated rings. The van der Waals surface area contributed by atoms with E-state index in [2.05, 4.69) is 5.73 Å². The second kappa shape index (κ2) is 7.32. The van der Waals surface area contributed by atoms with E-state index in [9.17, 15) is 9.59 Å². The van der Waals surface area contributed by atoms with Gasteiger partial charge in [-0.15, -0.1) is 0 Å². The van der Waals surface area contributed by atoms with Crippen LogP contribution in [0.4, 0.5) is 0 Å². The van der Waals surface area contributed by atoms with Crippen LogP contribution in [0.3, 0.4) is 0 Å². The normalized spacial score (nSPS) is 9.13. The van der Waals surface area contributed by atoms with Gasteiger partial charge in [0, 0.05) is 13.0 Å². The van der Waals surface area contributed by atoms with E-state index in [0.29, 0.717) is 0 Å². The first-order valence-electron chi connectivity index (χ1n) is 4.24. The number of aliphatic carboxylic acids is 1. The quantitative estimate of drug-likeness (QED) is 0.717. The first-order valence-corrected chi connectivity index (χ1v) is 4.24. The predicted octanol–water partition coefficient (Wildman–Crippen LogP) is 1.28. The molecule has 3 N–H and O–H groups in total. The van der Waals surface area contributed by atoms with Crippen LogP contribution in [0.25, 0.3) is 6.08 Å². The molecule has 80 valence electrons. The molecule has 0 aliphatic rings. The summed E-state index contributed by atoms with van der Waals surface area (Å²) >= 11 is 0. The van der Waals surface area contributed by atoms with Crippen molar-refractivity contribution in [3.05, 3.63) is 42.0 Å². The number of rotatable bonds is 2. The van der Waals surface area contributed by atoms with Crippen LogP contribution >= 0.6 is 0 Å². The highest BCUT2D eigenvalue weighted by atomic mass is 16.4. The minimum atomic E-state index is -0.922. The average Bonchev–Trinajstić information content (AvgIpc) is 2.15. The minimum absolute atomic E-state index is 0.333. The highest BCUT2D eigenvalue weighted by molar-refractivity contribution is 5.85. The third kappa shape index (κ3) is 9.82. The predicted molar refractivity (Wildman–Crippen MR) is 58.0 cm³/mol. The first kappa shape index (κ1) is 12.9. The number of hydrogen-bond donors (Lipinski definition) is 2. The molecule has 0 aromatic heterocycles. The number of carbonyl (C=O) groups excluding carboxylic acids is 1. The highest BCUT2D eigenvalue weighted by Gasteiger charge is 1.85. The molecule has 1 aromatic rings. The van der Waals surface area contributed by atoms with Crippen LogP contribution in [0.2, 0.25) is 0 Å². The number of primary amides is 1. The van der Waals surface area contributed by atoms with E-state index < -0.39 is 5.97 Å². The van der Waals surface area contributed by atoms with Crippen molar-refractivity contribution >= 4 is 18.0 Å². The zero-order valence-corrected chi connectivity index (χ0v) is 8.38. The van der Waals surface area contributed by atoms with E-state index >= 15 is 0 Å². The van der Waals surface area contributed by atoms with Gasteiger partial charge in [-0.2, -0.15) is 0 Å². The van der Waals surface area contributed by atoms with Gasteiger partial charge in [-0.1, -0.05) is 30.3 Å². The lowest BCUT2D eigenvalue weighted by Crippen LogP contribution is -2.01. The van der Waals surface area contributed by atoms with Crippen molar-refractivity contribution in [1.29, 1.82) is 0 Å². The third-order valence-electron chi connectivity index (χ3n) is 1.22. The zero-order chi connectivity index (χ0) is 11.7. The lowest BCUT2D eigenvalue weighted by atomic mass is 10.2. The Morgan fingerprint density at radius 3 is 2.13 bits per heavy atom. The maximum Gasteiger partial charge on any atom is 0.328 e. The third-order valence-corrected chi connectivity index (χ3v) is 1.22. The van der Waals surface area contributed by atoms with Crippen molar-refractivity contribution in [2.75, 3.05) is 0 Å². The molecular formula is C11H13NO3. The van der Waals surface area contributed by atoms with Gasteiger partial charge in [0.2, 0.25) is 5.91 Å². The van der Waals surface area contributed by atoms with Gasteiger partial charge in [0.05, 0.1) is 0 Å². The van der Waals surface area contributed by atoms with Crippen molar-refractivity contribution < 1.29 is 14.7 Å². The number of hydrogen-bond acceptors (Lipinski definition) is 2. The molecule has 4 nitrogen and oxygen atoms in total. The Morgan fingerprint density at radius 1 is 1.27 bits per heavy atom. The fourth-order valence-corrected chi connectivity index (χ4v) is 0.732. The molecule has 0 aliphatic heterocycles. The summed E-state index contributed by atoms with van der Waals surface area (Å²) in [5.74, 6) is -1.26. The van der Waals surface area contributed by atoms with Gasteiger partial charge >= 0.3 is 5.97 Å². The lowest BCUT2D eigenvalue weighted by molar-refractivity contribution is -0.131. The molecule has 0 saturated heterocycles. The number of carbonyl (C=O) groups is 2. The largest absolute Gasteiger partial charge is 0.478 e. The van der Waals surface area contributed by atoms with Crippen molar-refractivity contribution in [1.82, 2.24) is 0 Å². The molecule has 1 amide bonds. The lowest BCUT2D eigenvalue weighted by Gasteiger charge is -1.87. The maximum atomic E-state index is 10.1. The van der Waals surface area contributed by atoms with Crippen LogP contribution in [0.5, 0.6) is 0 Å². The molecule has 0 radical (unpaired) electrons. The Kier molecular flexibility index (Phi) is 6.29. The fourth-order valence-electron chi connectivity index (χ4n) is 0.732. The Labute approximate surface area is 88.0 Å². The first-order chi connectivity index (χ1) is 7.02. The Morgan fingerprint density at radius 2 is 1.73 bits per heavy atom. The summed E-state index contributed by atoms with van der Waals surface area (Å²) in [4.78, 5) is 19.3. The Balaban J connectivity index is 0.000000423. The second-order valence-corrected chi connectivity index (χ2v) is 2.69. The van der Waals surface area contributed by atoms with Crippen molar-refractivity contribution in [3.63, 3.8) is 0 Å². The number of amides is 1. The number of carboxylic acid groups (broad SMARTS) is 1. The number of benzene rings is 1. The van der Waals surface area contributed by atoms with E-state index in [1.54, 1.807) is 6.08 Å². The van der Waals surface area contributed by atoms with Crippen LogP contribution < -0.4 is 5.73 Å². The summed E-state index contributed by atoms with van der Waals surface area (Å²) in [6.07, 6.45) is 2.68. The van der Waals surface area contributed by atoms with E-state index in [0.717, 1.165) is 11.6 Å². The molecule has 0 aliphatic carbocycles. The van der Waals surface area contributed by atoms with Gasteiger partial charge in [0.25, 0.3) is 0 Å². The summed E-state index contributed by atoms with van der Waals surface area (Å²) in [6.45, 7) is 1.31. The molecule has 0 bridgehead atoms. The topological polar surface area (TPSA) is 80.4 Å². The zero-order valence-electron chi connectivity index (χ0n) is 8.38. The van der Waals surface area contributed by atoms with Crippen molar-refractivity contribution in [3.8, 4) is 0 Å². The smallest absolute Gasteiger partial charge is 0.328 e. The van der Waals surface area contributed by atoms with E-state index in [1.165, 1.54) is 6.92 Å². The van der Waals surface area contributed by atoms with Crippen LogP contribution in [0.15, 0.2) is 36.4 Å². The minimum Gasteiger partial charge on any atom is -0.478 e. The molecular weight excluding hydrogens is 194 g/mol. The molecule has 0 saturated carbocycles. The van der Waals surface area contributed by atoms with E-state index in [4.69, 9.17) is 5.11 Å². The molecule has 15 heavy (non-hydrogen) atoms. The number of carboxylic acids is 1. The Hall–Kier alpha value is -2.10. The summed E-state index contributed by atoms with van der Waals surface area (Å²) in [6, 6.07) is 9.31. The van der Waals surface area contributed by atoms with Crippen molar-refractivity contribution in [2.45, 2.75) is 6.92 Å². The van der Waals surface area contributed by atoms with E-state index in [1.807, 2.05) is 30.3 Å².